The Balaban J connectivity index is 2.02. The van der Waals surface area contributed by atoms with Crippen molar-refractivity contribution in [2.24, 2.45) is 22.5 Å². The van der Waals surface area contributed by atoms with Crippen molar-refractivity contribution in [3.05, 3.63) is 0 Å². The van der Waals surface area contributed by atoms with Gasteiger partial charge < -0.3 is 11.1 Å². The van der Waals surface area contributed by atoms with Gasteiger partial charge in [-0.1, -0.05) is 20.8 Å². The largest absolute Gasteiger partial charge is 0.330 e. The molecular formula is C13H26N2. The van der Waals surface area contributed by atoms with Crippen molar-refractivity contribution in [2.75, 3.05) is 13.1 Å². The monoisotopic (exact) mass is 210 g/mol. The molecule has 15 heavy (non-hydrogen) atoms. The fraction of sp³-hybridized carbons (Fsp3) is 1.00. The van der Waals surface area contributed by atoms with E-state index in [1.54, 1.807) is 0 Å². The van der Waals surface area contributed by atoms with Crippen LogP contribution in [0.1, 0.15) is 46.5 Å². The smallest absolute Gasteiger partial charge is 0.0175 e. The zero-order chi connectivity index (χ0) is 11.1. The minimum Gasteiger partial charge on any atom is -0.330 e. The molecule has 88 valence electrons. The van der Waals surface area contributed by atoms with E-state index in [-0.39, 0.29) is 0 Å². The predicted molar refractivity (Wildman–Crippen MR) is 64.7 cm³/mol. The van der Waals surface area contributed by atoms with Gasteiger partial charge in [0, 0.05) is 6.04 Å². The van der Waals surface area contributed by atoms with E-state index in [1.165, 1.54) is 19.3 Å². The highest BCUT2D eigenvalue weighted by Crippen LogP contribution is 2.62. The number of nitrogens with one attached hydrogen (secondary N) is 1. The molecule has 0 spiro atoms. The van der Waals surface area contributed by atoms with Gasteiger partial charge in [-0.2, -0.15) is 0 Å². The van der Waals surface area contributed by atoms with Gasteiger partial charge in [-0.3, -0.25) is 0 Å². The van der Waals surface area contributed by atoms with E-state index in [1.807, 2.05) is 0 Å². The molecule has 2 fully saturated rings. The predicted octanol–water partition coefficient (Wildman–Crippen LogP) is 2.14. The van der Waals surface area contributed by atoms with Gasteiger partial charge in [0.1, 0.15) is 0 Å². The maximum atomic E-state index is 5.55. The summed E-state index contributed by atoms with van der Waals surface area (Å²) in [5.41, 5.74) is 6.60. The van der Waals surface area contributed by atoms with Crippen molar-refractivity contribution in [3.8, 4) is 0 Å². The maximum absolute atomic E-state index is 5.55. The highest BCUT2D eigenvalue weighted by Gasteiger charge is 2.58. The van der Waals surface area contributed by atoms with Crippen LogP contribution in [-0.4, -0.2) is 19.1 Å². The summed E-state index contributed by atoms with van der Waals surface area (Å²) in [6.45, 7) is 9.26. The summed E-state index contributed by atoms with van der Waals surface area (Å²) in [5, 5.41) is 3.76. The summed E-state index contributed by atoms with van der Waals surface area (Å²) in [5.74, 6) is 0.942. The lowest BCUT2D eigenvalue weighted by atomic mass is 9.68. The zero-order valence-electron chi connectivity index (χ0n) is 10.5. The van der Waals surface area contributed by atoms with Crippen LogP contribution in [0.2, 0.25) is 0 Å². The molecule has 3 atom stereocenters. The molecule has 3 N–H and O–H groups in total. The molecule has 3 unspecified atom stereocenters. The third kappa shape index (κ3) is 1.72. The summed E-state index contributed by atoms with van der Waals surface area (Å²) in [7, 11) is 0. The third-order valence-corrected chi connectivity index (χ3v) is 5.00. The highest BCUT2D eigenvalue weighted by atomic mass is 15.0. The minimum atomic E-state index is 0.488. The average Bonchev–Trinajstić information content (AvgIpc) is 2.62. The molecule has 2 heteroatoms. The molecule has 2 nitrogen and oxygen atoms in total. The van der Waals surface area contributed by atoms with E-state index < -0.39 is 0 Å². The topological polar surface area (TPSA) is 38.0 Å². The standard InChI is InChI=1S/C13H26N2/c1-12(2)10-5-6-13(3,9-10)11(12)15-8-4-7-14/h10-11,15H,4-9,14H2,1-3H3. The molecule has 0 aromatic rings. The lowest BCUT2D eigenvalue weighted by Gasteiger charge is -2.43. The molecule has 2 bridgehead atoms. The van der Waals surface area contributed by atoms with Crippen LogP contribution in [0, 0.1) is 16.7 Å². The van der Waals surface area contributed by atoms with Gasteiger partial charge in [0.15, 0.2) is 0 Å². The second kappa shape index (κ2) is 3.74. The Bertz CT molecular complexity index is 232. The maximum Gasteiger partial charge on any atom is 0.0175 e. The van der Waals surface area contributed by atoms with E-state index in [2.05, 4.69) is 26.1 Å². The molecule has 0 heterocycles. The van der Waals surface area contributed by atoms with E-state index in [9.17, 15) is 0 Å². The molecule has 2 saturated carbocycles. The lowest BCUT2D eigenvalue weighted by molar-refractivity contribution is 0.109. The molecule has 0 aliphatic heterocycles. The molecule has 2 aliphatic rings. The van der Waals surface area contributed by atoms with E-state index >= 15 is 0 Å². The van der Waals surface area contributed by atoms with Crippen molar-refractivity contribution in [1.29, 1.82) is 0 Å². The van der Waals surface area contributed by atoms with E-state index in [0.29, 0.717) is 16.9 Å². The van der Waals surface area contributed by atoms with Crippen LogP contribution >= 0.6 is 0 Å². The van der Waals surface area contributed by atoms with Gasteiger partial charge >= 0.3 is 0 Å². The fourth-order valence-corrected chi connectivity index (χ4v) is 4.16. The molecular weight excluding hydrogens is 184 g/mol. The summed E-state index contributed by atoms with van der Waals surface area (Å²) in [6.07, 6.45) is 5.40. The van der Waals surface area contributed by atoms with Crippen molar-refractivity contribution in [2.45, 2.75) is 52.5 Å². The molecule has 0 amide bonds. The van der Waals surface area contributed by atoms with Gasteiger partial charge in [0.25, 0.3) is 0 Å². The SMILES string of the molecule is CC12CCC(C1)C(C)(C)C2NCCCN. The number of hydrogen-bond donors (Lipinski definition) is 2. The Morgan fingerprint density at radius 2 is 2.07 bits per heavy atom. The number of nitrogens with two attached hydrogens (primary N) is 1. The normalized spacial score (nSPS) is 42.4. The molecule has 0 radical (unpaired) electrons. The summed E-state index contributed by atoms with van der Waals surface area (Å²) in [6, 6.07) is 0.704. The lowest BCUT2D eigenvalue weighted by Crippen LogP contribution is -2.50. The number of rotatable bonds is 4. The zero-order valence-corrected chi connectivity index (χ0v) is 10.5. The Morgan fingerprint density at radius 1 is 1.33 bits per heavy atom. The first-order valence-electron chi connectivity index (χ1n) is 6.44. The molecule has 0 aromatic carbocycles. The minimum absolute atomic E-state index is 0.488. The van der Waals surface area contributed by atoms with Crippen molar-refractivity contribution in [3.63, 3.8) is 0 Å². The first-order valence-corrected chi connectivity index (χ1v) is 6.44. The Hall–Kier alpha value is -0.0800. The van der Waals surface area contributed by atoms with E-state index in [4.69, 9.17) is 5.73 Å². The van der Waals surface area contributed by atoms with Crippen LogP contribution in [-0.2, 0) is 0 Å². The second-order valence-corrected chi connectivity index (χ2v) is 6.44. The van der Waals surface area contributed by atoms with Gasteiger partial charge in [-0.15, -0.1) is 0 Å². The number of fused-ring (bicyclic) bond motifs is 2. The van der Waals surface area contributed by atoms with Crippen molar-refractivity contribution >= 4 is 0 Å². The molecule has 2 rings (SSSR count). The third-order valence-electron chi connectivity index (χ3n) is 5.00. The quantitative estimate of drug-likeness (QED) is 0.698. The summed E-state index contributed by atoms with van der Waals surface area (Å²) < 4.78 is 0. The first-order chi connectivity index (χ1) is 7.00. The summed E-state index contributed by atoms with van der Waals surface area (Å²) in [4.78, 5) is 0. The van der Waals surface area contributed by atoms with Gasteiger partial charge in [-0.25, -0.2) is 0 Å². The van der Waals surface area contributed by atoms with Crippen LogP contribution in [0.4, 0.5) is 0 Å². The molecule has 0 aromatic heterocycles. The Labute approximate surface area is 94.0 Å². The van der Waals surface area contributed by atoms with Gasteiger partial charge in [0.2, 0.25) is 0 Å². The highest BCUT2D eigenvalue weighted by molar-refractivity contribution is 5.11. The summed E-state index contributed by atoms with van der Waals surface area (Å²) >= 11 is 0. The molecule has 2 aliphatic carbocycles. The van der Waals surface area contributed by atoms with Crippen LogP contribution in [0.25, 0.3) is 0 Å². The Morgan fingerprint density at radius 3 is 2.60 bits per heavy atom. The molecule has 0 saturated heterocycles. The van der Waals surface area contributed by atoms with Crippen LogP contribution in [0.5, 0.6) is 0 Å². The fourth-order valence-electron chi connectivity index (χ4n) is 4.16. The van der Waals surface area contributed by atoms with Crippen molar-refractivity contribution in [1.82, 2.24) is 5.32 Å². The Kier molecular flexibility index (Phi) is 2.85. The number of hydrogen-bond acceptors (Lipinski definition) is 2. The van der Waals surface area contributed by atoms with Gasteiger partial charge in [-0.05, 0) is 55.5 Å². The average molecular weight is 210 g/mol. The van der Waals surface area contributed by atoms with Crippen LogP contribution < -0.4 is 11.1 Å². The van der Waals surface area contributed by atoms with Crippen LogP contribution in [0.3, 0.4) is 0 Å². The van der Waals surface area contributed by atoms with E-state index in [0.717, 1.165) is 25.4 Å². The first kappa shape index (κ1) is 11.4. The van der Waals surface area contributed by atoms with Crippen molar-refractivity contribution < 1.29 is 0 Å². The van der Waals surface area contributed by atoms with Gasteiger partial charge in [0.05, 0.1) is 0 Å². The second-order valence-electron chi connectivity index (χ2n) is 6.44. The van der Waals surface area contributed by atoms with Crippen LogP contribution in [0.15, 0.2) is 0 Å².